The van der Waals surface area contributed by atoms with Crippen LogP contribution in [0.3, 0.4) is 0 Å². The van der Waals surface area contributed by atoms with E-state index >= 15 is 0 Å². The standard InChI is InChI=1S/C17H25NO4/c1-4-21-16(19)14-11(2)15(18-12(14)3)17(20)22-10-13-8-6-5-7-9-13/h13,18H,4-10H2,1-3H3. The van der Waals surface area contributed by atoms with Crippen molar-refractivity contribution < 1.29 is 19.1 Å². The van der Waals surface area contributed by atoms with Gasteiger partial charge in [0.05, 0.1) is 18.8 Å². The molecule has 122 valence electrons. The first-order valence-corrected chi connectivity index (χ1v) is 8.08. The van der Waals surface area contributed by atoms with Gasteiger partial charge in [0.1, 0.15) is 5.69 Å². The van der Waals surface area contributed by atoms with E-state index in [2.05, 4.69) is 4.98 Å². The van der Waals surface area contributed by atoms with Gasteiger partial charge >= 0.3 is 11.9 Å². The van der Waals surface area contributed by atoms with Gasteiger partial charge in [-0.05, 0) is 45.1 Å². The summed E-state index contributed by atoms with van der Waals surface area (Å²) in [5, 5.41) is 0. The minimum absolute atomic E-state index is 0.310. The molecule has 1 saturated carbocycles. The highest BCUT2D eigenvalue weighted by molar-refractivity contribution is 5.98. The van der Waals surface area contributed by atoms with Crippen LogP contribution in [0.5, 0.6) is 0 Å². The Hall–Kier alpha value is -1.78. The van der Waals surface area contributed by atoms with Crippen molar-refractivity contribution in [2.45, 2.75) is 52.9 Å². The Bertz CT molecular complexity index is 541. The topological polar surface area (TPSA) is 68.4 Å². The number of carbonyl (C=O) groups excluding carboxylic acids is 2. The van der Waals surface area contributed by atoms with Crippen LogP contribution in [0.1, 0.15) is 71.1 Å². The van der Waals surface area contributed by atoms with Crippen molar-refractivity contribution >= 4 is 11.9 Å². The minimum Gasteiger partial charge on any atom is -0.462 e. The molecular weight excluding hydrogens is 282 g/mol. The molecule has 0 saturated heterocycles. The van der Waals surface area contributed by atoms with Gasteiger partial charge in [-0.2, -0.15) is 0 Å². The third-order valence-corrected chi connectivity index (χ3v) is 4.30. The Labute approximate surface area is 131 Å². The number of aryl methyl sites for hydroxylation is 1. The zero-order valence-corrected chi connectivity index (χ0v) is 13.7. The lowest BCUT2D eigenvalue weighted by Gasteiger charge is -2.20. The summed E-state index contributed by atoms with van der Waals surface area (Å²) in [6, 6.07) is 0. The lowest BCUT2D eigenvalue weighted by Crippen LogP contribution is -2.17. The molecule has 0 atom stereocenters. The van der Waals surface area contributed by atoms with Crippen LogP contribution < -0.4 is 0 Å². The SMILES string of the molecule is CCOC(=O)c1c(C)[nH]c(C(=O)OCC2CCCCC2)c1C. The Morgan fingerprint density at radius 3 is 2.41 bits per heavy atom. The van der Waals surface area contributed by atoms with E-state index < -0.39 is 5.97 Å². The van der Waals surface area contributed by atoms with Crippen molar-refractivity contribution in [3.8, 4) is 0 Å². The molecule has 0 unspecified atom stereocenters. The maximum Gasteiger partial charge on any atom is 0.355 e. The van der Waals surface area contributed by atoms with Crippen molar-refractivity contribution in [1.82, 2.24) is 4.98 Å². The predicted octanol–water partition coefficient (Wildman–Crippen LogP) is 3.55. The summed E-state index contributed by atoms with van der Waals surface area (Å²) in [6.45, 7) is 6.04. The molecule has 0 aromatic carbocycles. The van der Waals surface area contributed by atoms with E-state index in [-0.39, 0.29) is 5.97 Å². The third-order valence-electron chi connectivity index (χ3n) is 4.30. The highest BCUT2D eigenvalue weighted by Crippen LogP contribution is 2.25. The van der Waals surface area contributed by atoms with Crippen molar-refractivity contribution in [1.29, 1.82) is 0 Å². The van der Waals surface area contributed by atoms with Gasteiger partial charge in [0.2, 0.25) is 0 Å². The number of nitrogens with one attached hydrogen (secondary N) is 1. The van der Waals surface area contributed by atoms with E-state index in [0.29, 0.717) is 41.6 Å². The van der Waals surface area contributed by atoms with Gasteiger partial charge in [0, 0.05) is 5.69 Å². The largest absolute Gasteiger partial charge is 0.462 e. The lowest BCUT2D eigenvalue weighted by atomic mass is 9.90. The molecule has 1 aromatic heterocycles. The number of esters is 2. The Kier molecular flexibility index (Phi) is 5.63. The van der Waals surface area contributed by atoms with E-state index in [9.17, 15) is 9.59 Å². The van der Waals surface area contributed by atoms with E-state index in [4.69, 9.17) is 9.47 Å². The Morgan fingerprint density at radius 1 is 1.09 bits per heavy atom. The summed E-state index contributed by atoms with van der Waals surface area (Å²) in [4.78, 5) is 27.1. The molecule has 5 heteroatoms. The quantitative estimate of drug-likeness (QED) is 0.845. The number of hydrogen-bond acceptors (Lipinski definition) is 4. The molecule has 1 fully saturated rings. The van der Waals surface area contributed by atoms with Crippen LogP contribution in [0.2, 0.25) is 0 Å². The molecule has 22 heavy (non-hydrogen) atoms. The first-order valence-electron chi connectivity index (χ1n) is 8.08. The van der Waals surface area contributed by atoms with E-state index in [0.717, 1.165) is 12.8 Å². The van der Waals surface area contributed by atoms with Crippen LogP contribution in [0.4, 0.5) is 0 Å². The van der Waals surface area contributed by atoms with Gasteiger partial charge in [-0.15, -0.1) is 0 Å². The molecule has 0 radical (unpaired) electrons. The fourth-order valence-electron chi connectivity index (χ4n) is 3.08. The van der Waals surface area contributed by atoms with Crippen LogP contribution in [0.15, 0.2) is 0 Å². The average Bonchev–Trinajstić information content (AvgIpc) is 2.81. The second-order valence-electron chi connectivity index (χ2n) is 5.95. The molecule has 1 aromatic rings. The number of hydrogen-bond donors (Lipinski definition) is 1. The summed E-state index contributed by atoms with van der Waals surface area (Å²) in [6.07, 6.45) is 5.97. The van der Waals surface area contributed by atoms with Crippen molar-refractivity contribution in [2.75, 3.05) is 13.2 Å². The van der Waals surface area contributed by atoms with Crippen LogP contribution in [0.25, 0.3) is 0 Å². The van der Waals surface area contributed by atoms with Gasteiger partial charge in [0.25, 0.3) is 0 Å². The summed E-state index contributed by atoms with van der Waals surface area (Å²) in [7, 11) is 0. The minimum atomic E-state index is -0.403. The molecule has 0 aliphatic heterocycles. The molecule has 0 bridgehead atoms. The Morgan fingerprint density at radius 2 is 1.77 bits per heavy atom. The average molecular weight is 307 g/mol. The zero-order chi connectivity index (χ0) is 16.1. The molecule has 1 heterocycles. The van der Waals surface area contributed by atoms with Crippen molar-refractivity contribution in [3.63, 3.8) is 0 Å². The normalized spacial score (nSPS) is 15.6. The van der Waals surface area contributed by atoms with Gasteiger partial charge < -0.3 is 14.5 Å². The second kappa shape index (κ2) is 7.47. The maximum absolute atomic E-state index is 12.2. The third kappa shape index (κ3) is 3.70. The van der Waals surface area contributed by atoms with Crippen LogP contribution in [0, 0.1) is 19.8 Å². The molecule has 0 amide bonds. The van der Waals surface area contributed by atoms with E-state index in [1.165, 1.54) is 19.3 Å². The van der Waals surface area contributed by atoms with Crippen LogP contribution >= 0.6 is 0 Å². The number of aromatic amines is 1. The number of aromatic nitrogens is 1. The van der Waals surface area contributed by atoms with Crippen molar-refractivity contribution in [2.24, 2.45) is 5.92 Å². The monoisotopic (exact) mass is 307 g/mol. The number of H-pyrrole nitrogens is 1. The second-order valence-corrected chi connectivity index (χ2v) is 5.95. The Balaban J connectivity index is 2.03. The molecule has 1 aliphatic carbocycles. The fourth-order valence-corrected chi connectivity index (χ4v) is 3.08. The molecule has 2 rings (SSSR count). The molecular formula is C17H25NO4. The van der Waals surface area contributed by atoms with E-state index in [1.807, 2.05) is 0 Å². The summed E-state index contributed by atoms with van der Waals surface area (Å²) < 4.78 is 10.5. The van der Waals surface area contributed by atoms with Gasteiger partial charge in [-0.3, -0.25) is 0 Å². The smallest absolute Gasteiger partial charge is 0.355 e. The van der Waals surface area contributed by atoms with Gasteiger partial charge in [0.15, 0.2) is 0 Å². The first kappa shape index (κ1) is 16.6. The highest BCUT2D eigenvalue weighted by atomic mass is 16.5. The number of ether oxygens (including phenoxy) is 2. The fraction of sp³-hybridized carbons (Fsp3) is 0.647. The zero-order valence-electron chi connectivity index (χ0n) is 13.7. The summed E-state index contributed by atoms with van der Waals surface area (Å²) >= 11 is 0. The first-order chi connectivity index (χ1) is 10.5. The van der Waals surface area contributed by atoms with Gasteiger partial charge in [-0.25, -0.2) is 9.59 Å². The maximum atomic E-state index is 12.2. The predicted molar refractivity (Wildman–Crippen MR) is 83.1 cm³/mol. The molecule has 1 N–H and O–H groups in total. The molecule has 1 aliphatic rings. The number of carbonyl (C=O) groups is 2. The van der Waals surface area contributed by atoms with Gasteiger partial charge in [-0.1, -0.05) is 19.3 Å². The summed E-state index contributed by atoms with van der Waals surface area (Å²) in [5.74, 6) is -0.319. The molecule has 5 nitrogen and oxygen atoms in total. The van der Waals surface area contributed by atoms with Crippen LogP contribution in [-0.4, -0.2) is 30.1 Å². The van der Waals surface area contributed by atoms with Crippen LogP contribution in [-0.2, 0) is 9.47 Å². The molecule has 0 spiro atoms. The lowest BCUT2D eigenvalue weighted by molar-refractivity contribution is 0.0403. The number of rotatable bonds is 5. The van der Waals surface area contributed by atoms with E-state index in [1.54, 1.807) is 20.8 Å². The van der Waals surface area contributed by atoms with Crippen molar-refractivity contribution in [3.05, 3.63) is 22.5 Å². The highest BCUT2D eigenvalue weighted by Gasteiger charge is 2.24. The summed E-state index contributed by atoms with van der Waals surface area (Å²) in [5.41, 5.74) is 2.04.